The summed E-state index contributed by atoms with van der Waals surface area (Å²) in [7, 11) is 0. The number of aryl methyl sites for hydroxylation is 1. The van der Waals surface area contributed by atoms with Gasteiger partial charge in [0, 0.05) is 32.8 Å². The van der Waals surface area contributed by atoms with Gasteiger partial charge >= 0.3 is 0 Å². The van der Waals surface area contributed by atoms with E-state index in [9.17, 15) is 14.9 Å². The number of fused-ring (bicyclic) bond motifs is 1. The van der Waals surface area contributed by atoms with E-state index in [2.05, 4.69) is 26.1 Å². The van der Waals surface area contributed by atoms with Gasteiger partial charge in [0.05, 0.1) is 16.7 Å². The average Bonchev–Trinajstić information content (AvgIpc) is 3.52. The van der Waals surface area contributed by atoms with E-state index < -0.39 is 4.92 Å². The number of hydrogen-bond acceptors (Lipinski definition) is 6. The molecule has 1 atom stereocenters. The van der Waals surface area contributed by atoms with E-state index in [4.69, 9.17) is 21.0 Å². The maximum Gasteiger partial charge on any atom is 0.273 e. The van der Waals surface area contributed by atoms with Crippen LogP contribution in [-0.4, -0.2) is 17.0 Å². The predicted octanol–water partition coefficient (Wildman–Crippen LogP) is 9.03. The van der Waals surface area contributed by atoms with Crippen molar-refractivity contribution in [1.82, 2.24) is 0 Å². The molecule has 0 unspecified atom stereocenters. The minimum atomic E-state index is -0.399. The highest BCUT2D eigenvalue weighted by Crippen LogP contribution is 2.45. The number of rotatable bonds is 6. The van der Waals surface area contributed by atoms with Crippen LogP contribution >= 0.6 is 22.9 Å². The molecule has 2 aromatic heterocycles. The van der Waals surface area contributed by atoms with Crippen LogP contribution < -0.4 is 5.32 Å². The van der Waals surface area contributed by atoms with Crippen molar-refractivity contribution in [3.8, 4) is 11.3 Å². The Morgan fingerprint density at radius 2 is 1.93 bits per heavy atom. The quantitative estimate of drug-likeness (QED) is 0.141. The van der Waals surface area contributed by atoms with Gasteiger partial charge in [-0.05, 0) is 79.5 Å². The minimum Gasteiger partial charge on any atom is -0.455 e. The summed E-state index contributed by atoms with van der Waals surface area (Å²) in [6.07, 6.45) is 4.35. The zero-order chi connectivity index (χ0) is 28.6. The highest BCUT2D eigenvalue weighted by Gasteiger charge is 2.33. The van der Waals surface area contributed by atoms with Gasteiger partial charge in [0.1, 0.15) is 16.5 Å². The molecule has 1 aliphatic carbocycles. The Kier molecular flexibility index (Phi) is 7.66. The van der Waals surface area contributed by atoms with Crippen molar-refractivity contribution in [1.29, 1.82) is 0 Å². The number of thiophene rings is 1. The second kappa shape index (κ2) is 11.0. The van der Waals surface area contributed by atoms with Crippen molar-refractivity contribution in [2.75, 3.05) is 5.32 Å². The molecule has 206 valence electrons. The monoisotopic (exact) mass is 575 g/mol. The number of hydrogen-bond donors (Lipinski definition) is 1. The van der Waals surface area contributed by atoms with Crippen LogP contribution in [0.2, 0.25) is 5.02 Å². The molecule has 40 heavy (non-hydrogen) atoms. The lowest BCUT2D eigenvalue weighted by Crippen LogP contribution is -2.27. The molecule has 1 aliphatic rings. The number of nitro groups is 1. The number of nitrogens with one attached hydrogen (secondary N) is 1. The van der Waals surface area contributed by atoms with Crippen LogP contribution in [0, 0.1) is 28.4 Å². The molecule has 0 spiro atoms. The Morgan fingerprint density at radius 1 is 1.18 bits per heavy atom. The molecule has 2 aromatic carbocycles. The standard InChI is InChI=1S/C31H30ClN3O4S/c1-18-5-6-19(15-25(18)35(37)38)26-14-12-23(39-26)17-33-30-28(29(36)34-22-10-8-21(32)9-11-22)24-13-7-20(31(2,3)4)16-27(24)40-30/h5-6,8-12,14-15,17,20H,7,13,16H2,1-4H3,(H,34,36)/t20-/m1/s1. The fourth-order valence-corrected chi connectivity index (χ4v) is 6.42. The van der Waals surface area contributed by atoms with Crippen molar-refractivity contribution in [2.45, 2.75) is 47.0 Å². The fraction of sp³-hybridized carbons (Fsp3) is 0.290. The molecular weight excluding hydrogens is 546 g/mol. The van der Waals surface area contributed by atoms with Gasteiger partial charge in [0.15, 0.2) is 0 Å². The molecule has 0 bridgehead atoms. The van der Waals surface area contributed by atoms with Crippen LogP contribution in [0.4, 0.5) is 16.4 Å². The van der Waals surface area contributed by atoms with Gasteiger partial charge in [0.25, 0.3) is 11.6 Å². The lowest BCUT2D eigenvalue weighted by atomic mass is 9.72. The van der Waals surface area contributed by atoms with E-state index in [1.54, 1.807) is 73.0 Å². The van der Waals surface area contributed by atoms with E-state index in [0.717, 1.165) is 24.8 Å². The summed E-state index contributed by atoms with van der Waals surface area (Å²) in [6.45, 7) is 8.50. The SMILES string of the molecule is Cc1ccc(-c2ccc(C=Nc3sc4c(c3C(=O)Nc3ccc(Cl)cc3)CC[C@@H](C(C)(C)C)C4)o2)cc1[N+](=O)[O-]. The fourth-order valence-electron chi connectivity index (χ4n) is 5.02. The molecule has 0 saturated heterocycles. The molecule has 0 fully saturated rings. The molecule has 0 radical (unpaired) electrons. The molecular formula is C31H30ClN3O4S. The number of nitro benzene ring substituents is 1. The lowest BCUT2D eigenvalue weighted by molar-refractivity contribution is -0.385. The van der Waals surface area contributed by atoms with Crippen LogP contribution in [0.3, 0.4) is 0 Å². The first-order valence-corrected chi connectivity index (χ1v) is 14.3. The van der Waals surface area contributed by atoms with Crippen molar-refractivity contribution in [3.05, 3.63) is 97.1 Å². The Bertz CT molecular complexity index is 1610. The molecule has 9 heteroatoms. The molecule has 4 aromatic rings. The first-order valence-electron chi connectivity index (χ1n) is 13.1. The number of nitrogens with zero attached hydrogens (tertiary/aromatic N) is 2. The van der Waals surface area contributed by atoms with E-state index >= 15 is 0 Å². The third-order valence-corrected chi connectivity index (χ3v) is 8.84. The van der Waals surface area contributed by atoms with Gasteiger partial charge in [-0.3, -0.25) is 14.9 Å². The summed E-state index contributed by atoms with van der Waals surface area (Å²) in [6, 6.07) is 15.6. The van der Waals surface area contributed by atoms with Crippen LogP contribution in [-0.2, 0) is 12.8 Å². The summed E-state index contributed by atoms with van der Waals surface area (Å²) in [5.41, 5.74) is 3.73. The predicted molar refractivity (Wildman–Crippen MR) is 161 cm³/mol. The van der Waals surface area contributed by atoms with Gasteiger partial charge in [-0.15, -0.1) is 11.3 Å². The minimum absolute atomic E-state index is 0.0400. The van der Waals surface area contributed by atoms with Crippen LogP contribution in [0.15, 0.2) is 64.0 Å². The van der Waals surface area contributed by atoms with E-state index in [1.165, 1.54) is 10.9 Å². The molecule has 1 amide bonds. The largest absolute Gasteiger partial charge is 0.455 e. The summed E-state index contributed by atoms with van der Waals surface area (Å²) < 4.78 is 5.96. The number of amides is 1. The molecule has 0 aliphatic heterocycles. The highest BCUT2D eigenvalue weighted by atomic mass is 35.5. The maximum atomic E-state index is 13.6. The smallest absolute Gasteiger partial charge is 0.273 e. The number of anilines is 1. The topological polar surface area (TPSA) is 97.7 Å². The third-order valence-electron chi connectivity index (χ3n) is 7.43. The van der Waals surface area contributed by atoms with Gasteiger partial charge < -0.3 is 9.73 Å². The van der Waals surface area contributed by atoms with Crippen molar-refractivity contribution < 1.29 is 14.1 Å². The first kappa shape index (κ1) is 27.8. The van der Waals surface area contributed by atoms with Crippen molar-refractivity contribution >= 4 is 51.4 Å². The second-order valence-electron chi connectivity index (χ2n) is 11.2. The van der Waals surface area contributed by atoms with Gasteiger partial charge in [-0.2, -0.15) is 0 Å². The lowest BCUT2D eigenvalue weighted by Gasteiger charge is -2.33. The summed E-state index contributed by atoms with van der Waals surface area (Å²) >= 11 is 7.57. The number of carbonyl (C=O) groups excluding carboxylic acids is 1. The molecule has 7 nitrogen and oxygen atoms in total. The zero-order valence-electron chi connectivity index (χ0n) is 22.8. The number of benzene rings is 2. The summed E-state index contributed by atoms with van der Waals surface area (Å²) in [4.78, 5) is 30.4. The van der Waals surface area contributed by atoms with Crippen molar-refractivity contribution in [3.63, 3.8) is 0 Å². The number of halogens is 1. The van der Waals surface area contributed by atoms with E-state index in [1.807, 2.05) is 0 Å². The number of aliphatic imine (C=N–C) groups is 1. The van der Waals surface area contributed by atoms with Crippen molar-refractivity contribution in [2.24, 2.45) is 16.3 Å². The number of furan rings is 1. The normalized spacial score (nSPS) is 15.3. The maximum absolute atomic E-state index is 13.6. The van der Waals surface area contributed by atoms with E-state index in [-0.39, 0.29) is 17.0 Å². The second-order valence-corrected chi connectivity index (χ2v) is 12.7. The Morgan fingerprint density at radius 3 is 2.62 bits per heavy atom. The van der Waals surface area contributed by atoms with Gasteiger partial charge in [-0.1, -0.05) is 44.5 Å². The molecule has 1 N–H and O–H groups in total. The number of carbonyl (C=O) groups is 1. The highest BCUT2D eigenvalue weighted by molar-refractivity contribution is 7.16. The van der Waals surface area contributed by atoms with Gasteiger partial charge in [0.2, 0.25) is 0 Å². The molecule has 2 heterocycles. The van der Waals surface area contributed by atoms with Gasteiger partial charge in [-0.25, -0.2) is 4.99 Å². The zero-order valence-corrected chi connectivity index (χ0v) is 24.4. The van der Waals surface area contributed by atoms with Crippen LogP contribution in [0.25, 0.3) is 11.3 Å². The first-order chi connectivity index (χ1) is 19.0. The Labute approximate surface area is 242 Å². The molecule has 0 saturated carbocycles. The summed E-state index contributed by atoms with van der Waals surface area (Å²) in [5.74, 6) is 1.31. The summed E-state index contributed by atoms with van der Waals surface area (Å²) in [5, 5.41) is 15.6. The third kappa shape index (κ3) is 5.88. The molecule has 5 rings (SSSR count). The van der Waals surface area contributed by atoms with E-state index in [0.29, 0.717) is 49.8 Å². The average molecular weight is 576 g/mol. The Balaban J connectivity index is 1.46. The van der Waals surface area contributed by atoms with Crippen LogP contribution in [0.5, 0.6) is 0 Å². The Hall–Kier alpha value is -3.75. The van der Waals surface area contributed by atoms with Crippen LogP contribution in [0.1, 0.15) is 59.3 Å².